The van der Waals surface area contributed by atoms with E-state index in [1.807, 2.05) is 19.1 Å². The first-order chi connectivity index (χ1) is 11.4. The van der Waals surface area contributed by atoms with E-state index >= 15 is 0 Å². The van der Waals surface area contributed by atoms with Crippen LogP contribution in [-0.4, -0.2) is 36.3 Å². The Hall–Kier alpha value is -2.08. The maximum atomic E-state index is 6.01. The van der Waals surface area contributed by atoms with Gasteiger partial charge in [0.1, 0.15) is 5.75 Å². The van der Waals surface area contributed by atoms with Gasteiger partial charge in [-0.1, -0.05) is 32.9 Å². The molecule has 24 heavy (non-hydrogen) atoms. The normalized spacial score (nSPS) is 16.9. The van der Waals surface area contributed by atoms with Crippen LogP contribution in [0.15, 0.2) is 28.8 Å². The summed E-state index contributed by atoms with van der Waals surface area (Å²) in [6, 6.07) is 8.17. The maximum absolute atomic E-state index is 6.01. The second kappa shape index (κ2) is 6.81. The quantitative estimate of drug-likeness (QED) is 0.930. The maximum Gasteiger partial charge on any atom is 0.269 e. The van der Waals surface area contributed by atoms with Crippen molar-refractivity contribution in [1.29, 1.82) is 0 Å². The van der Waals surface area contributed by atoms with Crippen LogP contribution in [0.2, 0.25) is 0 Å². The fourth-order valence-electron chi connectivity index (χ4n) is 2.68. The molecule has 2 aromatic rings. The van der Waals surface area contributed by atoms with Gasteiger partial charge in [0.25, 0.3) is 11.8 Å². The highest BCUT2D eigenvalue weighted by molar-refractivity contribution is 5.33. The molecule has 0 saturated carbocycles. The van der Waals surface area contributed by atoms with Crippen LogP contribution in [0, 0.1) is 0 Å². The van der Waals surface area contributed by atoms with Crippen LogP contribution in [0.5, 0.6) is 5.75 Å². The van der Waals surface area contributed by atoms with E-state index in [2.05, 4.69) is 53.3 Å². The lowest BCUT2D eigenvalue weighted by atomic mass is 9.87. The van der Waals surface area contributed by atoms with Gasteiger partial charge in [-0.15, -0.1) is 0 Å². The van der Waals surface area contributed by atoms with Crippen LogP contribution in [0.1, 0.15) is 45.3 Å². The molecule has 1 fully saturated rings. The van der Waals surface area contributed by atoms with Crippen LogP contribution in [0.25, 0.3) is 0 Å². The number of benzene rings is 1. The molecular formula is C18H26N4O2. The van der Waals surface area contributed by atoms with Crippen molar-refractivity contribution in [3.05, 3.63) is 35.7 Å². The van der Waals surface area contributed by atoms with Gasteiger partial charge >= 0.3 is 0 Å². The Morgan fingerprint density at radius 1 is 1.25 bits per heavy atom. The molecule has 1 aromatic carbocycles. The first-order valence-corrected chi connectivity index (χ1v) is 8.50. The third kappa shape index (κ3) is 3.87. The Labute approximate surface area is 143 Å². The molecule has 0 spiro atoms. The van der Waals surface area contributed by atoms with Gasteiger partial charge in [0.2, 0.25) is 0 Å². The summed E-state index contributed by atoms with van der Waals surface area (Å²) in [6.45, 7) is 12.2. The van der Waals surface area contributed by atoms with Crippen LogP contribution < -0.4 is 15.0 Å². The summed E-state index contributed by atoms with van der Waals surface area (Å²) in [4.78, 5) is 6.62. The average Bonchev–Trinajstić information content (AvgIpc) is 3.05. The summed E-state index contributed by atoms with van der Waals surface area (Å²) in [7, 11) is 0. The van der Waals surface area contributed by atoms with Gasteiger partial charge in [-0.25, -0.2) is 0 Å². The van der Waals surface area contributed by atoms with Crippen LogP contribution in [-0.2, 0) is 5.41 Å². The summed E-state index contributed by atoms with van der Waals surface area (Å²) >= 11 is 0. The fourth-order valence-corrected chi connectivity index (χ4v) is 2.68. The molecule has 3 rings (SSSR count). The molecule has 130 valence electrons. The number of hydrogen-bond acceptors (Lipinski definition) is 6. The number of nitrogens with one attached hydrogen (secondary N) is 1. The van der Waals surface area contributed by atoms with Crippen LogP contribution >= 0.6 is 0 Å². The van der Waals surface area contributed by atoms with Gasteiger partial charge in [-0.3, -0.25) is 0 Å². The minimum absolute atomic E-state index is 0.0859. The average molecular weight is 330 g/mol. The minimum Gasteiger partial charge on any atom is -0.481 e. The molecule has 0 amide bonds. The summed E-state index contributed by atoms with van der Waals surface area (Å²) < 4.78 is 11.4. The van der Waals surface area contributed by atoms with Crippen molar-refractivity contribution in [2.45, 2.75) is 39.2 Å². The standard InChI is InChI=1S/C18H26N4O2/c1-13(23-15-7-5-6-14(12-15)18(2,3)4)16-20-17(21-24-16)22-10-8-19-9-11-22/h5-7,12-13,19H,8-11H2,1-4H3. The zero-order valence-corrected chi connectivity index (χ0v) is 14.9. The van der Waals surface area contributed by atoms with E-state index in [-0.39, 0.29) is 11.5 Å². The van der Waals surface area contributed by atoms with E-state index in [4.69, 9.17) is 9.26 Å². The molecule has 1 saturated heterocycles. The molecule has 1 aromatic heterocycles. The van der Waals surface area contributed by atoms with Gasteiger partial charge in [-0.2, -0.15) is 4.98 Å². The fraction of sp³-hybridized carbons (Fsp3) is 0.556. The minimum atomic E-state index is -0.288. The molecule has 1 N–H and O–H groups in total. The third-order valence-corrected chi connectivity index (χ3v) is 4.19. The first kappa shape index (κ1) is 16.8. The molecule has 1 atom stereocenters. The summed E-state index contributed by atoms with van der Waals surface area (Å²) in [6.07, 6.45) is -0.288. The Bertz CT molecular complexity index is 672. The highest BCUT2D eigenvalue weighted by Crippen LogP contribution is 2.28. The number of nitrogens with zero attached hydrogens (tertiary/aromatic N) is 3. The van der Waals surface area contributed by atoms with Crippen molar-refractivity contribution in [3.63, 3.8) is 0 Å². The lowest BCUT2D eigenvalue weighted by molar-refractivity contribution is 0.175. The molecule has 1 unspecified atom stereocenters. The molecule has 2 heterocycles. The largest absolute Gasteiger partial charge is 0.481 e. The Balaban J connectivity index is 1.69. The Morgan fingerprint density at radius 2 is 2.00 bits per heavy atom. The summed E-state index contributed by atoms with van der Waals surface area (Å²) in [5, 5.41) is 7.40. The van der Waals surface area contributed by atoms with Crippen molar-refractivity contribution >= 4 is 5.95 Å². The second-order valence-corrected chi connectivity index (χ2v) is 7.21. The van der Waals surface area contributed by atoms with Crippen molar-refractivity contribution < 1.29 is 9.26 Å². The SMILES string of the molecule is CC(Oc1cccc(C(C)(C)C)c1)c1nc(N2CCNCC2)no1. The molecule has 0 radical (unpaired) electrons. The van der Waals surface area contributed by atoms with E-state index in [1.165, 1.54) is 5.56 Å². The molecule has 1 aliphatic heterocycles. The topological polar surface area (TPSA) is 63.4 Å². The van der Waals surface area contributed by atoms with E-state index in [9.17, 15) is 0 Å². The van der Waals surface area contributed by atoms with E-state index < -0.39 is 0 Å². The summed E-state index contributed by atoms with van der Waals surface area (Å²) in [5.74, 6) is 1.96. The first-order valence-electron chi connectivity index (χ1n) is 8.50. The molecule has 0 bridgehead atoms. The van der Waals surface area contributed by atoms with Crippen molar-refractivity contribution in [3.8, 4) is 5.75 Å². The number of aromatic nitrogens is 2. The molecule has 6 heteroatoms. The lowest BCUT2D eigenvalue weighted by Gasteiger charge is -2.25. The molecule has 6 nitrogen and oxygen atoms in total. The van der Waals surface area contributed by atoms with Gasteiger partial charge in [0.15, 0.2) is 6.10 Å². The van der Waals surface area contributed by atoms with E-state index in [0.717, 1.165) is 31.9 Å². The smallest absolute Gasteiger partial charge is 0.269 e. The Kier molecular flexibility index (Phi) is 4.76. The zero-order chi connectivity index (χ0) is 17.2. The summed E-state index contributed by atoms with van der Waals surface area (Å²) in [5.41, 5.74) is 1.32. The number of ether oxygens (including phenoxy) is 1. The number of piperazine rings is 1. The van der Waals surface area contributed by atoms with Crippen molar-refractivity contribution in [2.24, 2.45) is 0 Å². The van der Waals surface area contributed by atoms with E-state index in [1.54, 1.807) is 0 Å². The van der Waals surface area contributed by atoms with E-state index in [0.29, 0.717) is 11.8 Å². The van der Waals surface area contributed by atoms with Crippen LogP contribution in [0.3, 0.4) is 0 Å². The second-order valence-electron chi connectivity index (χ2n) is 7.21. The molecular weight excluding hydrogens is 304 g/mol. The van der Waals surface area contributed by atoms with Gasteiger partial charge < -0.3 is 19.5 Å². The number of rotatable bonds is 4. The predicted molar refractivity (Wildman–Crippen MR) is 93.6 cm³/mol. The molecule has 1 aliphatic rings. The third-order valence-electron chi connectivity index (χ3n) is 4.19. The monoisotopic (exact) mass is 330 g/mol. The highest BCUT2D eigenvalue weighted by atomic mass is 16.5. The van der Waals surface area contributed by atoms with Crippen molar-refractivity contribution in [1.82, 2.24) is 15.5 Å². The number of anilines is 1. The van der Waals surface area contributed by atoms with Crippen molar-refractivity contribution in [2.75, 3.05) is 31.1 Å². The Morgan fingerprint density at radius 3 is 2.71 bits per heavy atom. The van der Waals surface area contributed by atoms with Gasteiger partial charge in [-0.05, 0) is 35.2 Å². The lowest BCUT2D eigenvalue weighted by Crippen LogP contribution is -2.44. The number of hydrogen-bond donors (Lipinski definition) is 1. The molecule has 0 aliphatic carbocycles. The predicted octanol–water partition coefficient (Wildman–Crippen LogP) is 2.92. The highest BCUT2D eigenvalue weighted by Gasteiger charge is 2.21. The van der Waals surface area contributed by atoms with Crippen LogP contribution in [0.4, 0.5) is 5.95 Å². The zero-order valence-electron chi connectivity index (χ0n) is 14.9. The van der Waals surface area contributed by atoms with Gasteiger partial charge in [0.05, 0.1) is 0 Å². The van der Waals surface area contributed by atoms with Gasteiger partial charge in [0, 0.05) is 26.2 Å².